The fourth-order valence-electron chi connectivity index (χ4n) is 1.93. The van der Waals surface area contributed by atoms with Crippen LogP contribution in [0.5, 0.6) is 0 Å². The van der Waals surface area contributed by atoms with Crippen LogP contribution >= 0.6 is 12.4 Å². The highest BCUT2D eigenvalue weighted by atomic mass is 35.5. The monoisotopic (exact) mass is 183 g/mol. The molecule has 1 saturated carbocycles. The van der Waals surface area contributed by atoms with Crippen LogP contribution < -0.4 is 5.32 Å². The Hall–Kier alpha value is 0.110. The SMILES string of the molecule is Cl.FC1(F)CCC2CC1CN2. The van der Waals surface area contributed by atoms with Crippen LogP contribution in [0.2, 0.25) is 0 Å². The Kier molecular flexibility index (Phi) is 2.40. The van der Waals surface area contributed by atoms with Crippen LogP contribution in [0.15, 0.2) is 0 Å². The number of hydrogen-bond acceptors (Lipinski definition) is 1. The summed E-state index contributed by atoms with van der Waals surface area (Å²) in [5.74, 6) is -2.74. The highest BCUT2D eigenvalue weighted by molar-refractivity contribution is 5.85. The third-order valence-electron chi connectivity index (χ3n) is 2.65. The Morgan fingerprint density at radius 3 is 2.73 bits per heavy atom. The van der Waals surface area contributed by atoms with E-state index in [-0.39, 0.29) is 24.7 Å². The number of nitrogens with one attached hydrogen (secondary N) is 1. The van der Waals surface area contributed by atoms with Gasteiger partial charge in [0.15, 0.2) is 0 Å². The van der Waals surface area contributed by atoms with Crippen molar-refractivity contribution in [2.75, 3.05) is 6.54 Å². The molecule has 2 rings (SSSR count). The molecule has 0 aromatic carbocycles. The van der Waals surface area contributed by atoms with Gasteiger partial charge in [0, 0.05) is 24.9 Å². The Bertz CT molecular complexity index is 151. The summed E-state index contributed by atoms with van der Waals surface area (Å²) in [5, 5.41) is 3.09. The Labute approximate surface area is 71.0 Å². The largest absolute Gasteiger partial charge is 0.313 e. The topological polar surface area (TPSA) is 12.0 Å². The third kappa shape index (κ3) is 1.49. The van der Waals surface area contributed by atoms with Crippen LogP contribution in [0, 0.1) is 5.92 Å². The molecule has 2 fully saturated rings. The Morgan fingerprint density at radius 2 is 2.09 bits per heavy atom. The maximum absolute atomic E-state index is 12.9. The Balaban J connectivity index is 0.000000605. The van der Waals surface area contributed by atoms with Crippen molar-refractivity contribution >= 4 is 12.4 Å². The van der Waals surface area contributed by atoms with Crippen LogP contribution in [0.1, 0.15) is 19.3 Å². The predicted octanol–water partition coefficient (Wildman–Crippen LogP) is 1.82. The summed E-state index contributed by atoms with van der Waals surface area (Å²) in [6.45, 7) is 0.525. The van der Waals surface area contributed by atoms with Crippen molar-refractivity contribution in [3.8, 4) is 0 Å². The molecule has 1 aliphatic carbocycles. The van der Waals surface area contributed by atoms with Crippen molar-refractivity contribution < 1.29 is 8.78 Å². The van der Waals surface area contributed by atoms with Crippen LogP contribution in [-0.2, 0) is 0 Å². The molecule has 0 amide bonds. The second-order valence-corrected chi connectivity index (χ2v) is 3.34. The molecule has 66 valence electrons. The highest BCUT2D eigenvalue weighted by Gasteiger charge is 2.47. The summed E-state index contributed by atoms with van der Waals surface area (Å²) in [4.78, 5) is 0. The van der Waals surface area contributed by atoms with Gasteiger partial charge in [0.2, 0.25) is 0 Å². The third-order valence-corrected chi connectivity index (χ3v) is 2.65. The van der Waals surface area contributed by atoms with Gasteiger partial charge in [-0.3, -0.25) is 0 Å². The lowest BCUT2D eigenvalue weighted by atomic mass is 9.87. The van der Waals surface area contributed by atoms with E-state index in [1.165, 1.54) is 0 Å². The molecular weight excluding hydrogens is 172 g/mol. The molecule has 2 aliphatic rings. The maximum atomic E-state index is 12.9. The molecule has 0 aromatic rings. The summed E-state index contributed by atoms with van der Waals surface area (Å²) >= 11 is 0. The van der Waals surface area contributed by atoms with Crippen molar-refractivity contribution in [3.05, 3.63) is 0 Å². The van der Waals surface area contributed by atoms with E-state index in [1.807, 2.05) is 0 Å². The average molecular weight is 184 g/mol. The molecule has 2 bridgehead atoms. The van der Waals surface area contributed by atoms with E-state index in [1.54, 1.807) is 0 Å². The zero-order chi connectivity index (χ0) is 7.19. The highest BCUT2D eigenvalue weighted by Crippen LogP contribution is 2.41. The van der Waals surface area contributed by atoms with Crippen LogP contribution in [0.25, 0.3) is 0 Å². The van der Waals surface area contributed by atoms with E-state index < -0.39 is 5.92 Å². The average Bonchev–Trinajstić information content (AvgIpc) is 2.26. The molecule has 1 aliphatic heterocycles. The van der Waals surface area contributed by atoms with Gasteiger partial charge in [-0.05, 0) is 12.8 Å². The lowest BCUT2D eigenvalue weighted by Crippen LogP contribution is -2.32. The first-order valence-corrected chi connectivity index (χ1v) is 3.80. The summed E-state index contributed by atoms with van der Waals surface area (Å²) in [6, 6.07) is 0.393. The van der Waals surface area contributed by atoms with Gasteiger partial charge in [-0.1, -0.05) is 0 Å². The second-order valence-electron chi connectivity index (χ2n) is 3.34. The second kappa shape index (κ2) is 2.87. The molecule has 2 unspecified atom stereocenters. The first kappa shape index (κ1) is 9.20. The summed E-state index contributed by atoms with van der Waals surface area (Å²) in [7, 11) is 0. The zero-order valence-corrected chi connectivity index (χ0v) is 6.96. The predicted molar refractivity (Wildman–Crippen MR) is 41.3 cm³/mol. The lowest BCUT2D eigenvalue weighted by molar-refractivity contribution is -0.0709. The van der Waals surface area contributed by atoms with E-state index in [0.29, 0.717) is 25.4 Å². The number of rotatable bonds is 0. The minimum absolute atomic E-state index is 0. The first-order valence-electron chi connectivity index (χ1n) is 3.80. The van der Waals surface area contributed by atoms with Crippen LogP contribution in [-0.4, -0.2) is 18.5 Å². The van der Waals surface area contributed by atoms with Crippen LogP contribution in [0.3, 0.4) is 0 Å². The molecule has 2 atom stereocenters. The smallest absolute Gasteiger partial charge is 0.252 e. The van der Waals surface area contributed by atoms with Gasteiger partial charge >= 0.3 is 0 Å². The van der Waals surface area contributed by atoms with Gasteiger partial charge in [0.05, 0.1) is 0 Å². The minimum atomic E-state index is -2.38. The normalized spacial score (nSPS) is 39.8. The van der Waals surface area contributed by atoms with Gasteiger partial charge < -0.3 is 5.32 Å². The quantitative estimate of drug-likeness (QED) is 0.604. The summed E-state index contributed by atoms with van der Waals surface area (Å²) in [5.41, 5.74) is 0. The Morgan fingerprint density at radius 1 is 1.36 bits per heavy atom. The van der Waals surface area contributed by atoms with Gasteiger partial charge in [0.25, 0.3) is 5.92 Å². The molecule has 1 N–H and O–H groups in total. The van der Waals surface area contributed by atoms with E-state index in [0.717, 1.165) is 0 Å². The van der Waals surface area contributed by atoms with Crippen molar-refractivity contribution in [2.45, 2.75) is 31.2 Å². The van der Waals surface area contributed by atoms with Gasteiger partial charge in [-0.2, -0.15) is 0 Å². The molecular formula is C7H12ClF2N. The van der Waals surface area contributed by atoms with E-state index in [4.69, 9.17) is 0 Å². The molecule has 11 heavy (non-hydrogen) atoms. The summed E-state index contributed by atoms with van der Waals surface area (Å²) < 4.78 is 25.7. The van der Waals surface area contributed by atoms with E-state index in [9.17, 15) is 8.78 Å². The zero-order valence-electron chi connectivity index (χ0n) is 6.15. The summed E-state index contributed by atoms with van der Waals surface area (Å²) in [6.07, 6.45) is 1.44. The molecule has 1 heterocycles. The lowest BCUT2D eigenvalue weighted by Gasteiger charge is -2.27. The van der Waals surface area contributed by atoms with E-state index >= 15 is 0 Å². The van der Waals surface area contributed by atoms with Gasteiger partial charge in [0.1, 0.15) is 0 Å². The standard InChI is InChI=1S/C7H11F2N.ClH/c8-7(9)2-1-6-3-5(7)4-10-6;/h5-6,10H,1-4H2;1H. The number of halogens is 3. The van der Waals surface area contributed by atoms with Gasteiger partial charge in [-0.15, -0.1) is 12.4 Å². The maximum Gasteiger partial charge on any atom is 0.252 e. The molecule has 4 heteroatoms. The fraction of sp³-hybridized carbons (Fsp3) is 1.00. The number of hydrogen-bond donors (Lipinski definition) is 1. The van der Waals surface area contributed by atoms with Crippen LogP contribution in [0.4, 0.5) is 8.78 Å². The number of alkyl halides is 2. The van der Waals surface area contributed by atoms with Crippen molar-refractivity contribution in [3.63, 3.8) is 0 Å². The minimum Gasteiger partial charge on any atom is -0.313 e. The van der Waals surface area contributed by atoms with Crippen molar-refractivity contribution in [1.82, 2.24) is 5.32 Å². The molecule has 0 spiro atoms. The molecule has 0 radical (unpaired) electrons. The van der Waals surface area contributed by atoms with Gasteiger partial charge in [-0.25, -0.2) is 8.78 Å². The first-order chi connectivity index (χ1) is 4.68. The molecule has 0 aromatic heterocycles. The number of fused-ring (bicyclic) bond motifs is 2. The fourth-order valence-corrected chi connectivity index (χ4v) is 1.93. The van der Waals surface area contributed by atoms with Crippen molar-refractivity contribution in [2.24, 2.45) is 5.92 Å². The van der Waals surface area contributed by atoms with Crippen molar-refractivity contribution in [1.29, 1.82) is 0 Å². The molecule has 1 saturated heterocycles. The van der Waals surface area contributed by atoms with E-state index in [2.05, 4.69) is 5.32 Å². The molecule has 1 nitrogen and oxygen atoms in total.